The van der Waals surface area contributed by atoms with Crippen LogP contribution in [0.25, 0.3) is 27.8 Å². The largest absolute Gasteiger partial charge is 0.480 e. The molecule has 2 atom stereocenters. The highest BCUT2D eigenvalue weighted by atomic mass is 127. The van der Waals surface area contributed by atoms with Gasteiger partial charge in [-0.1, -0.05) is 36.1 Å². The number of hydrogen-bond donors (Lipinski definition) is 2. The number of halogens is 1. The predicted octanol–water partition coefficient (Wildman–Crippen LogP) is 5.21. The third-order valence-electron chi connectivity index (χ3n) is 7.18. The van der Waals surface area contributed by atoms with Gasteiger partial charge in [-0.05, 0) is 85.0 Å². The topological polar surface area (TPSA) is 143 Å². The Morgan fingerprint density at radius 2 is 1.74 bits per heavy atom. The number of carbonyl (C=O) groups is 1. The van der Waals surface area contributed by atoms with Crippen LogP contribution in [0.5, 0.6) is 5.75 Å². The zero-order chi connectivity index (χ0) is 33.1. The number of benzene rings is 3. The molecule has 0 fully saturated rings. The first-order valence-corrected chi connectivity index (χ1v) is 15.9. The molecule has 1 unspecified atom stereocenters. The number of rotatable bonds is 7. The summed E-state index contributed by atoms with van der Waals surface area (Å²) in [6.07, 6.45) is 4.97. The van der Waals surface area contributed by atoms with Crippen molar-refractivity contribution in [2.75, 3.05) is 5.73 Å². The van der Waals surface area contributed by atoms with Crippen LogP contribution in [0, 0.1) is 11.8 Å². The van der Waals surface area contributed by atoms with Crippen molar-refractivity contribution in [3.8, 4) is 34.5 Å². The molecule has 0 aliphatic heterocycles. The maximum absolute atomic E-state index is 14.3. The second-order valence-corrected chi connectivity index (χ2v) is 12.4. The van der Waals surface area contributed by atoms with Crippen molar-refractivity contribution in [3.05, 3.63) is 124 Å². The summed E-state index contributed by atoms with van der Waals surface area (Å²) in [7, 11) is 1.81. The maximum atomic E-state index is 14.3. The van der Waals surface area contributed by atoms with Gasteiger partial charge in [-0.3, -0.25) is 18.8 Å². The number of aryl methyl sites for hydroxylation is 1. The molecule has 1 amide bonds. The molecule has 3 heterocycles. The molecule has 0 saturated carbocycles. The lowest BCUT2D eigenvalue weighted by atomic mass is 10.1. The van der Waals surface area contributed by atoms with E-state index < -0.39 is 11.9 Å². The third-order valence-corrected chi connectivity index (χ3v) is 7.44. The van der Waals surface area contributed by atoms with E-state index in [9.17, 15) is 9.59 Å². The first-order chi connectivity index (χ1) is 22.7. The van der Waals surface area contributed by atoms with Gasteiger partial charge in [0, 0.05) is 24.4 Å². The highest BCUT2D eigenvalue weighted by molar-refractivity contribution is 14.1. The van der Waals surface area contributed by atoms with Crippen LogP contribution in [0.15, 0.2) is 96.2 Å². The number of amides is 1. The van der Waals surface area contributed by atoms with Crippen molar-refractivity contribution in [2.45, 2.75) is 24.0 Å². The van der Waals surface area contributed by atoms with Crippen molar-refractivity contribution in [2.24, 2.45) is 7.05 Å². The van der Waals surface area contributed by atoms with Gasteiger partial charge >= 0.3 is 0 Å². The van der Waals surface area contributed by atoms with Crippen LogP contribution in [0.2, 0.25) is 0 Å². The molecule has 0 bridgehead atoms. The summed E-state index contributed by atoms with van der Waals surface area (Å²) in [6.45, 7) is 3.69. The summed E-state index contributed by atoms with van der Waals surface area (Å²) >= 11 is 2.18. The molecule has 11 nitrogen and oxygen atoms in total. The van der Waals surface area contributed by atoms with Gasteiger partial charge in [0.1, 0.15) is 15.7 Å². The van der Waals surface area contributed by atoms with E-state index >= 15 is 0 Å². The molecule has 6 aromatic rings. The lowest BCUT2D eigenvalue weighted by Gasteiger charge is -2.20. The quantitative estimate of drug-likeness (QED) is 0.129. The van der Waals surface area contributed by atoms with Crippen LogP contribution in [0.3, 0.4) is 0 Å². The first kappa shape index (κ1) is 31.4. The molecule has 0 saturated heterocycles. The third kappa shape index (κ3) is 6.85. The van der Waals surface area contributed by atoms with Crippen molar-refractivity contribution >= 4 is 45.2 Å². The number of hydrogen-bond acceptors (Lipinski definition) is 8. The molecule has 3 N–H and O–H groups in total. The molecule has 0 aliphatic carbocycles. The normalized spacial score (nSPS) is 12.2. The number of carbonyl (C=O) groups excluding carboxylic acids is 1. The second kappa shape index (κ2) is 13.4. The zero-order valence-electron chi connectivity index (χ0n) is 25.7. The minimum atomic E-state index is -0.735. The molecule has 3 aromatic heterocycles. The molecular weight excluding hydrogens is 707 g/mol. The van der Waals surface area contributed by atoms with Gasteiger partial charge in [0.15, 0.2) is 11.5 Å². The monoisotopic (exact) mass is 736 g/mol. The number of aromatic nitrogens is 6. The molecule has 234 valence electrons. The Bertz CT molecular complexity index is 2220. The van der Waals surface area contributed by atoms with Gasteiger partial charge < -0.3 is 15.8 Å². The van der Waals surface area contributed by atoms with E-state index in [0.717, 1.165) is 11.1 Å². The molecule has 3 aromatic carbocycles. The van der Waals surface area contributed by atoms with Gasteiger partial charge in [-0.15, -0.1) is 0 Å². The molecule has 6 rings (SSSR count). The molecule has 0 radical (unpaired) electrons. The van der Waals surface area contributed by atoms with Gasteiger partial charge in [0.25, 0.3) is 11.5 Å². The Morgan fingerprint density at radius 3 is 2.45 bits per heavy atom. The lowest BCUT2D eigenvalue weighted by Crippen LogP contribution is -2.34. The Labute approximate surface area is 284 Å². The van der Waals surface area contributed by atoms with E-state index in [4.69, 9.17) is 15.5 Å². The van der Waals surface area contributed by atoms with E-state index in [0.29, 0.717) is 39.4 Å². The highest BCUT2D eigenvalue weighted by Gasteiger charge is 2.23. The minimum absolute atomic E-state index is 0.00976. The van der Waals surface area contributed by atoms with Crippen LogP contribution < -0.4 is 21.3 Å². The number of nitrogens with one attached hydrogen (secondary N) is 1. The average Bonchev–Trinajstić information content (AvgIpc) is 3.49. The Hall–Kier alpha value is -5.55. The molecular formula is C35H29IN8O3. The summed E-state index contributed by atoms with van der Waals surface area (Å²) in [4.78, 5) is 41.5. The summed E-state index contributed by atoms with van der Waals surface area (Å²) in [5, 5.41) is 7.45. The van der Waals surface area contributed by atoms with E-state index in [1.807, 2.05) is 56.4 Å². The second-order valence-electron chi connectivity index (χ2n) is 10.7. The molecule has 0 spiro atoms. The van der Waals surface area contributed by atoms with Crippen LogP contribution in [-0.4, -0.2) is 39.3 Å². The number of anilines is 1. The minimum Gasteiger partial charge on any atom is -0.480 e. The fourth-order valence-corrected chi connectivity index (χ4v) is 5.31. The van der Waals surface area contributed by atoms with Gasteiger partial charge in [-0.25, -0.2) is 15.0 Å². The van der Waals surface area contributed by atoms with Crippen molar-refractivity contribution < 1.29 is 9.53 Å². The Kier molecular flexibility index (Phi) is 8.99. The number of ether oxygens (including phenoxy) is 1. The molecule has 47 heavy (non-hydrogen) atoms. The van der Waals surface area contributed by atoms with E-state index in [1.54, 1.807) is 54.3 Å². The number of nitrogens with two attached hydrogens (primary N) is 1. The predicted molar refractivity (Wildman–Crippen MR) is 188 cm³/mol. The number of nitrogens with zero attached hydrogens (tertiary/aromatic N) is 6. The summed E-state index contributed by atoms with van der Waals surface area (Å²) in [5.41, 5.74) is 9.25. The Morgan fingerprint density at radius 1 is 0.979 bits per heavy atom. The number of alkyl halides is 1. The van der Waals surface area contributed by atoms with Crippen molar-refractivity contribution in [3.63, 3.8) is 0 Å². The van der Waals surface area contributed by atoms with E-state index in [1.165, 1.54) is 10.8 Å². The zero-order valence-corrected chi connectivity index (χ0v) is 27.8. The lowest BCUT2D eigenvalue weighted by molar-refractivity contribution is 0.0933. The van der Waals surface area contributed by atoms with Gasteiger partial charge in [0.2, 0.25) is 0 Å². The number of fused-ring (bicyclic) bond motifs is 1. The maximum Gasteiger partial charge on any atom is 0.274 e. The first-order valence-electron chi connectivity index (χ1n) is 14.6. The summed E-state index contributed by atoms with van der Waals surface area (Å²) in [6, 6.07) is 21.1. The van der Waals surface area contributed by atoms with Crippen LogP contribution >= 0.6 is 22.6 Å². The summed E-state index contributed by atoms with van der Waals surface area (Å²) in [5.74, 6) is 6.63. The molecule has 12 heteroatoms. The van der Waals surface area contributed by atoms with Gasteiger partial charge in [0.05, 0.1) is 46.3 Å². The smallest absolute Gasteiger partial charge is 0.274 e. The van der Waals surface area contributed by atoms with Crippen molar-refractivity contribution in [1.82, 2.24) is 34.6 Å². The standard InChI is InChI=1S/C35H29IN8O3/c1-21(40-34(45)31-32(37)38-19-29(41-31)24-14-16-27(17-15-24)47-22(2)36)33-42-28-11-7-8-25(13-12-23-18-39-43(3)20-23)30(28)35(46)44(33)26-9-5-4-6-10-26/h4-11,14-22H,1-3H3,(H2,37,38)(H,40,45)/t21-,22?/m1/s1. The highest BCUT2D eigenvalue weighted by Crippen LogP contribution is 2.24. The number of nitrogen functional groups attached to an aromatic ring is 1. The van der Waals surface area contributed by atoms with Crippen molar-refractivity contribution in [1.29, 1.82) is 0 Å². The van der Waals surface area contributed by atoms with Crippen LogP contribution in [0.4, 0.5) is 5.82 Å². The SMILES string of the molecule is CC(I)Oc1ccc(-c2cnc(N)c(C(=O)N[C@H](C)c3nc4cccc(C#Cc5cnn(C)c5)c4c(=O)n3-c3ccccc3)n2)cc1. The Balaban J connectivity index is 1.37. The fourth-order valence-electron chi connectivity index (χ4n) is 5.02. The molecule has 0 aliphatic rings. The van der Waals surface area contributed by atoms with Crippen LogP contribution in [-0.2, 0) is 7.05 Å². The van der Waals surface area contributed by atoms with E-state index in [2.05, 4.69) is 54.8 Å². The van der Waals surface area contributed by atoms with E-state index in [-0.39, 0.29) is 21.2 Å². The summed E-state index contributed by atoms with van der Waals surface area (Å²) < 4.78 is 8.88. The van der Waals surface area contributed by atoms with Gasteiger partial charge in [-0.2, -0.15) is 5.10 Å². The average molecular weight is 737 g/mol. The van der Waals surface area contributed by atoms with Crippen LogP contribution in [0.1, 0.15) is 47.3 Å². The fraction of sp³-hybridized carbons (Fsp3) is 0.143. The number of para-hydroxylation sites is 1.